The molecule has 0 saturated heterocycles. The molecule has 2 aromatic carbocycles. The van der Waals surface area contributed by atoms with Crippen LogP contribution in [0.3, 0.4) is 0 Å². The van der Waals surface area contributed by atoms with Crippen LogP contribution in [0, 0.1) is 16.9 Å². The molecule has 0 amide bonds. The third-order valence-electron chi connectivity index (χ3n) is 10.3. The summed E-state index contributed by atoms with van der Waals surface area (Å²) in [7, 11) is 0. The van der Waals surface area contributed by atoms with Crippen molar-refractivity contribution >= 4 is 49.1 Å². The van der Waals surface area contributed by atoms with E-state index in [0.717, 1.165) is 83.0 Å². The average Bonchev–Trinajstić information content (AvgIpc) is 3.80. The van der Waals surface area contributed by atoms with Crippen LogP contribution in [0.15, 0.2) is 58.2 Å². The summed E-state index contributed by atoms with van der Waals surface area (Å²) in [6, 6.07) is 14.1. The number of aromatic nitrogens is 1. The van der Waals surface area contributed by atoms with Crippen LogP contribution in [0.1, 0.15) is 99.1 Å². The van der Waals surface area contributed by atoms with Gasteiger partial charge in [0.1, 0.15) is 22.7 Å². The number of furan rings is 1. The van der Waals surface area contributed by atoms with Crippen molar-refractivity contribution in [3.8, 4) is 17.0 Å². The Kier molecular flexibility index (Phi) is 11.2. The quantitative estimate of drug-likeness (QED) is 0.0958. The summed E-state index contributed by atoms with van der Waals surface area (Å²) in [6.45, 7) is 19.6. The Morgan fingerprint density at radius 1 is 0.957 bits per heavy atom. The van der Waals surface area contributed by atoms with Crippen molar-refractivity contribution in [2.24, 2.45) is 10.8 Å². The third-order valence-corrected chi connectivity index (χ3v) is 11.3. The number of hydrogen-bond donors (Lipinski definition) is 1. The van der Waals surface area contributed by atoms with E-state index in [1.165, 1.54) is 21.9 Å². The number of hydrogen-bond acceptors (Lipinski definition) is 6. The standard InChI is InChI=1S/C25H20NO2S.C15H28O2.Ir/c1-25(2,3)17-13-16(12-15-8-11-29-24(15)17)22-20-19(6-9-26-22)28-18-5-4-14-7-10-27-23(14)21(18)20;1-7-14(5,8-2)12(16)11-13(17)15(6,9-3)10-4;/h4-6,8-9,11,13H,7,10H2,1-3H3;11,16H,7-10H2,1-6H3;/q-1;;/b;12-11-;. The van der Waals surface area contributed by atoms with Crippen LogP contribution in [-0.4, -0.2) is 22.5 Å². The molecule has 0 fully saturated rings. The van der Waals surface area contributed by atoms with E-state index >= 15 is 0 Å². The number of pyridine rings is 1. The molecule has 7 heteroatoms. The van der Waals surface area contributed by atoms with Gasteiger partial charge in [0, 0.05) is 60.7 Å². The van der Waals surface area contributed by atoms with Gasteiger partial charge in [-0.15, -0.1) is 23.6 Å². The Bertz CT molecular complexity index is 1920. The molecule has 1 radical (unpaired) electrons. The molecule has 1 aliphatic heterocycles. The van der Waals surface area contributed by atoms with Crippen molar-refractivity contribution in [1.29, 1.82) is 0 Å². The molecule has 253 valence electrons. The summed E-state index contributed by atoms with van der Waals surface area (Å²) in [4.78, 5) is 17.0. The van der Waals surface area contributed by atoms with E-state index in [1.807, 2.05) is 53.8 Å². The van der Waals surface area contributed by atoms with Crippen molar-refractivity contribution in [2.75, 3.05) is 6.61 Å². The van der Waals surface area contributed by atoms with Gasteiger partial charge in [0.25, 0.3) is 0 Å². The second kappa shape index (κ2) is 14.2. The van der Waals surface area contributed by atoms with Gasteiger partial charge in [-0.05, 0) is 58.9 Å². The Labute approximate surface area is 297 Å². The number of aliphatic hydroxyl groups is 1. The maximum Gasteiger partial charge on any atom is 0.164 e. The van der Waals surface area contributed by atoms with Crippen LogP contribution in [0.25, 0.3) is 43.3 Å². The number of ether oxygens (including phenoxy) is 1. The number of allylic oxidation sites excluding steroid dienone is 2. The zero-order chi connectivity index (χ0) is 33.4. The van der Waals surface area contributed by atoms with Gasteiger partial charge >= 0.3 is 0 Å². The van der Waals surface area contributed by atoms with Gasteiger partial charge in [0.05, 0.1) is 12.0 Å². The second-order valence-electron chi connectivity index (χ2n) is 14.1. The molecule has 0 aliphatic carbocycles. The molecule has 1 aliphatic rings. The van der Waals surface area contributed by atoms with Crippen LogP contribution in [0.4, 0.5) is 0 Å². The SMILES string of the molecule is CC(C)(C)c1cc(-c2nccc3oc4ccc5c(c4c23)OCC5)[c-]c2ccsc12.CCC(C)(CC)C(=O)/C=C(\O)C(C)(CC)CC.[Ir]. The van der Waals surface area contributed by atoms with Crippen LogP contribution >= 0.6 is 11.3 Å². The molecule has 0 spiro atoms. The van der Waals surface area contributed by atoms with E-state index in [2.05, 4.69) is 56.5 Å². The molecule has 1 N–H and O–H groups in total. The number of aliphatic hydroxyl groups excluding tert-OH is 1. The Hall–Kier alpha value is -2.99. The van der Waals surface area contributed by atoms with Crippen molar-refractivity contribution in [3.05, 3.63) is 70.9 Å². The summed E-state index contributed by atoms with van der Waals surface area (Å²) in [5, 5.41) is 15.5. The van der Waals surface area contributed by atoms with Gasteiger partial charge in [-0.1, -0.05) is 79.5 Å². The molecule has 3 aromatic heterocycles. The summed E-state index contributed by atoms with van der Waals surface area (Å²) in [5.74, 6) is 1.23. The topological polar surface area (TPSA) is 72.6 Å². The van der Waals surface area contributed by atoms with Crippen molar-refractivity contribution in [2.45, 2.75) is 99.8 Å². The average molecular weight is 831 g/mol. The molecule has 5 aromatic rings. The van der Waals surface area contributed by atoms with Gasteiger partial charge in [0.2, 0.25) is 0 Å². The fraction of sp³-hybridized carbons (Fsp3) is 0.450. The number of benzene rings is 2. The monoisotopic (exact) mass is 831 g/mol. The Morgan fingerprint density at radius 2 is 1.62 bits per heavy atom. The number of carbonyl (C=O) groups is 1. The molecule has 0 bridgehead atoms. The first kappa shape index (κ1) is 36.8. The minimum absolute atomic E-state index is 0. The van der Waals surface area contributed by atoms with Crippen LogP contribution < -0.4 is 4.74 Å². The third kappa shape index (κ3) is 6.95. The summed E-state index contributed by atoms with van der Waals surface area (Å²) >= 11 is 1.78. The minimum Gasteiger partial charge on any atom is -0.512 e. The van der Waals surface area contributed by atoms with Crippen molar-refractivity contribution in [3.63, 3.8) is 0 Å². The first-order chi connectivity index (χ1) is 21.8. The van der Waals surface area contributed by atoms with Gasteiger partial charge in [-0.3, -0.25) is 9.78 Å². The van der Waals surface area contributed by atoms with E-state index < -0.39 is 0 Å². The molecule has 0 unspecified atom stereocenters. The molecule has 6 rings (SSSR count). The first-order valence-electron chi connectivity index (χ1n) is 16.7. The maximum absolute atomic E-state index is 12.2. The Balaban J connectivity index is 0.000000242. The molecular formula is C40H48IrNO4S-. The molecule has 4 heterocycles. The Morgan fingerprint density at radius 3 is 2.26 bits per heavy atom. The summed E-state index contributed by atoms with van der Waals surface area (Å²) in [5.41, 5.74) is 5.59. The number of thiophene rings is 1. The molecule has 47 heavy (non-hydrogen) atoms. The number of nitrogens with zero attached hydrogens (tertiary/aromatic N) is 1. The molecular weight excluding hydrogens is 783 g/mol. The van der Waals surface area contributed by atoms with Crippen LogP contribution in [0.5, 0.6) is 5.75 Å². The normalized spacial score (nSPS) is 13.7. The summed E-state index contributed by atoms with van der Waals surface area (Å²) in [6.07, 6.45) is 7.52. The van der Waals surface area contributed by atoms with Gasteiger partial charge < -0.3 is 14.3 Å². The van der Waals surface area contributed by atoms with Crippen molar-refractivity contribution in [1.82, 2.24) is 4.98 Å². The first-order valence-corrected chi connectivity index (χ1v) is 17.5. The molecule has 5 nitrogen and oxygen atoms in total. The van der Waals surface area contributed by atoms with E-state index in [4.69, 9.17) is 14.1 Å². The zero-order valence-corrected chi connectivity index (χ0v) is 32.4. The zero-order valence-electron chi connectivity index (χ0n) is 29.2. The summed E-state index contributed by atoms with van der Waals surface area (Å²) < 4.78 is 13.5. The largest absolute Gasteiger partial charge is 0.512 e. The van der Waals surface area contributed by atoms with E-state index in [-0.39, 0.29) is 47.9 Å². The van der Waals surface area contributed by atoms with Crippen molar-refractivity contribution < 1.29 is 39.2 Å². The number of fused-ring (bicyclic) bond motifs is 6. The maximum atomic E-state index is 12.2. The fourth-order valence-corrected chi connectivity index (χ4v) is 7.10. The van der Waals surface area contributed by atoms with E-state index in [9.17, 15) is 9.90 Å². The van der Waals surface area contributed by atoms with Gasteiger partial charge in [-0.25, -0.2) is 0 Å². The number of carbonyl (C=O) groups excluding carboxylic acids is 1. The second-order valence-corrected chi connectivity index (χ2v) is 15.0. The number of rotatable bonds is 8. The predicted molar refractivity (Wildman–Crippen MR) is 192 cm³/mol. The van der Waals surface area contributed by atoms with Gasteiger partial charge in [0.15, 0.2) is 5.78 Å². The van der Waals surface area contributed by atoms with Gasteiger partial charge in [-0.2, -0.15) is 11.3 Å². The predicted octanol–water partition coefficient (Wildman–Crippen LogP) is 11.5. The fourth-order valence-electron chi connectivity index (χ4n) is 6.02. The van der Waals surface area contributed by atoms with E-state index in [0.29, 0.717) is 0 Å². The van der Waals surface area contributed by atoms with Crippen LogP contribution in [-0.2, 0) is 36.7 Å². The van der Waals surface area contributed by atoms with Crippen LogP contribution in [0.2, 0.25) is 0 Å². The number of ketones is 1. The smallest absolute Gasteiger partial charge is 0.164 e. The molecule has 0 atom stereocenters. The van der Waals surface area contributed by atoms with E-state index in [1.54, 1.807) is 11.3 Å². The molecule has 0 saturated carbocycles. The minimum atomic E-state index is -0.337.